The molecule has 2 unspecified atom stereocenters. The van der Waals surface area contributed by atoms with Crippen LogP contribution in [0, 0.1) is 5.41 Å². The molecule has 118 valence electrons. The summed E-state index contributed by atoms with van der Waals surface area (Å²) in [4.78, 5) is 14.7. The zero-order chi connectivity index (χ0) is 14.1. The molecule has 2 aliphatic rings. The standard InChI is InChI=1S/C15H28N2O2.ClH/c1-4-19-12-11-15(16,14(12,2)3)13(18)17-9-7-5-6-8-10-17;/h12H,4-11,16H2,1-3H3;1H. The normalized spacial score (nSPS) is 32.8. The SMILES string of the molecule is CCOC1CC(N)(C(=O)N2CCCCCC2)C1(C)C.Cl. The van der Waals surface area contributed by atoms with E-state index in [4.69, 9.17) is 10.5 Å². The molecule has 1 aliphatic carbocycles. The number of ether oxygens (including phenoxy) is 1. The molecule has 1 aliphatic heterocycles. The van der Waals surface area contributed by atoms with Crippen molar-refractivity contribution in [1.82, 2.24) is 4.90 Å². The van der Waals surface area contributed by atoms with E-state index < -0.39 is 5.54 Å². The molecule has 1 saturated heterocycles. The molecule has 1 heterocycles. The summed E-state index contributed by atoms with van der Waals surface area (Å²) in [5, 5.41) is 0. The van der Waals surface area contributed by atoms with Crippen LogP contribution in [-0.2, 0) is 9.53 Å². The van der Waals surface area contributed by atoms with Gasteiger partial charge in [-0.3, -0.25) is 4.79 Å². The third-order valence-electron chi connectivity index (χ3n) is 5.10. The average molecular weight is 305 g/mol. The van der Waals surface area contributed by atoms with E-state index in [0.717, 1.165) is 25.9 Å². The summed E-state index contributed by atoms with van der Waals surface area (Å²) < 4.78 is 5.70. The lowest BCUT2D eigenvalue weighted by Crippen LogP contribution is -2.76. The van der Waals surface area contributed by atoms with Gasteiger partial charge in [-0.2, -0.15) is 0 Å². The van der Waals surface area contributed by atoms with Gasteiger partial charge in [0.25, 0.3) is 0 Å². The Morgan fingerprint density at radius 1 is 1.25 bits per heavy atom. The largest absolute Gasteiger partial charge is 0.378 e. The monoisotopic (exact) mass is 304 g/mol. The Kier molecular flexibility index (Phi) is 5.88. The van der Waals surface area contributed by atoms with Crippen molar-refractivity contribution in [2.24, 2.45) is 11.1 Å². The molecule has 5 heteroatoms. The lowest BCUT2D eigenvalue weighted by molar-refractivity contribution is -0.179. The van der Waals surface area contributed by atoms with E-state index >= 15 is 0 Å². The molecule has 0 aromatic carbocycles. The molecule has 2 N–H and O–H groups in total. The van der Waals surface area contributed by atoms with Gasteiger partial charge in [-0.25, -0.2) is 0 Å². The van der Waals surface area contributed by atoms with E-state index in [9.17, 15) is 4.79 Å². The minimum Gasteiger partial charge on any atom is -0.378 e. The van der Waals surface area contributed by atoms with Gasteiger partial charge in [-0.15, -0.1) is 12.4 Å². The maximum absolute atomic E-state index is 12.8. The van der Waals surface area contributed by atoms with Crippen LogP contribution in [0.15, 0.2) is 0 Å². The molecule has 0 bridgehead atoms. The second-order valence-corrected chi connectivity index (χ2v) is 6.55. The first-order valence-corrected chi connectivity index (χ1v) is 7.63. The highest BCUT2D eigenvalue weighted by atomic mass is 35.5. The Morgan fingerprint density at radius 2 is 1.80 bits per heavy atom. The fraction of sp³-hybridized carbons (Fsp3) is 0.933. The van der Waals surface area contributed by atoms with Crippen molar-refractivity contribution in [3.8, 4) is 0 Å². The number of carbonyl (C=O) groups excluding carboxylic acids is 1. The molecule has 1 amide bonds. The first-order chi connectivity index (χ1) is 8.93. The van der Waals surface area contributed by atoms with Gasteiger partial charge < -0.3 is 15.4 Å². The van der Waals surface area contributed by atoms with Gasteiger partial charge in [0.05, 0.1) is 6.10 Å². The van der Waals surface area contributed by atoms with Gasteiger partial charge in [0, 0.05) is 31.5 Å². The number of hydrogen-bond acceptors (Lipinski definition) is 3. The van der Waals surface area contributed by atoms with E-state index in [1.54, 1.807) is 0 Å². The van der Waals surface area contributed by atoms with Gasteiger partial charge in [0.1, 0.15) is 5.54 Å². The second-order valence-electron chi connectivity index (χ2n) is 6.55. The third kappa shape index (κ3) is 2.83. The number of halogens is 1. The molecule has 0 aromatic rings. The van der Waals surface area contributed by atoms with Crippen molar-refractivity contribution >= 4 is 18.3 Å². The number of carbonyl (C=O) groups is 1. The quantitative estimate of drug-likeness (QED) is 0.871. The molecule has 2 rings (SSSR count). The summed E-state index contributed by atoms with van der Waals surface area (Å²) in [6, 6.07) is 0. The van der Waals surface area contributed by atoms with Crippen LogP contribution in [0.1, 0.15) is 52.9 Å². The highest BCUT2D eigenvalue weighted by molar-refractivity contribution is 5.89. The molecule has 20 heavy (non-hydrogen) atoms. The molecule has 1 saturated carbocycles. The summed E-state index contributed by atoms with van der Waals surface area (Å²) in [5.74, 6) is 0.135. The second kappa shape index (κ2) is 6.63. The summed E-state index contributed by atoms with van der Waals surface area (Å²) in [7, 11) is 0. The Bertz CT molecular complexity index is 341. The summed E-state index contributed by atoms with van der Waals surface area (Å²) in [6.45, 7) is 8.53. The fourth-order valence-corrected chi connectivity index (χ4v) is 3.35. The topological polar surface area (TPSA) is 55.6 Å². The van der Waals surface area contributed by atoms with Gasteiger partial charge in [0.2, 0.25) is 5.91 Å². The maximum Gasteiger partial charge on any atom is 0.243 e. The van der Waals surface area contributed by atoms with E-state index in [1.165, 1.54) is 12.8 Å². The Balaban J connectivity index is 0.00000200. The third-order valence-corrected chi connectivity index (χ3v) is 5.10. The van der Waals surface area contributed by atoms with Gasteiger partial charge in [0.15, 0.2) is 0 Å². The maximum atomic E-state index is 12.8. The van der Waals surface area contributed by atoms with Gasteiger partial charge >= 0.3 is 0 Å². The molecule has 2 fully saturated rings. The molecule has 0 spiro atoms. The van der Waals surface area contributed by atoms with Crippen LogP contribution in [0.3, 0.4) is 0 Å². The average Bonchev–Trinajstić information content (AvgIpc) is 2.66. The number of likely N-dealkylation sites (tertiary alicyclic amines) is 1. The number of amides is 1. The van der Waals surface area contributed by atoms with Crippen LogP contribution in [0.4, 0.5) is 0 Å². The van der Waals surface area contributed by atoms with Crippen molar-refractivity contribution in [1.29, 1.82) is 0 Å². The van der Waals surface area contributed by atoms with Gasteiger partial charge in [-0.05, 0) is 19.8 Å². The fourth-order valence-electron chi connectivity index (χ4n) is 3.35. The van der Waals surface area contributed by atoms with E-state index in [0.29, 0.717) is 13.0 Å². The van der Waals surface area contributed by atoms with Crippen molar-refractivity contribution in [3.05, 3.63) is 0 Å². The minimum atomic E-state index is -0.739. The number of hydrogen-bond donors (Lipinski definition) is 1. The Morgan fingerprint density at radius 3 is 2.25 bits per heavy atom. The van der Waals surface area contributed by atoms with Crippen molar-refractivity contribution in [3.63, 3.8) is 0 Å². The lowest BCUT2D eigenvalue weighted by Gasteiger charge is -2.58. The van der Waals surface area contributed by atoms with Crippen molar-refractivity contribution in [2.75, 3.05) is 19.7 Å². The number of rotatable bonds is 3. The molecule has 0 radical (unpaired) electrons. The van der Waals surface area contributed by atoms with Crippen LogP contribution in [0.2, 0.25) is 0 Å². The number of nitrogens with zero attached hydrogens (tertiary/aromatic N) is 1. The molecule has 0 aromatic heterocycles. The zero-order valence-electron chi connectivity index (χ0n) is 13.0. The Hall–Kier alpha value is -0.320. The molecule has 2 atom stereocenters. The molecular formula is C15H29ClN2O2. The smallest absolute Gasteiger partial charge is 0.243 e. The molecular weight excluding hydrogens is 276 g/mol. The first kappa shape index (κ1) is 17.7. The van der Waals surface area contributed by atoms with Crippen molar-refractivity contribution < 1.29 is 9.53 Å². The van der Waals surface area contributed by atoms with Crippen LogP contribution in [-0.4, -0.2) is 42.1 Å². The lowest BCUT2D eigenvalue weighted by atomic mass is 9.54. The zero-order valence-corrected chi connectivity index (χ0v) is 13.8. The summed E-state index contributed by atoms with van der Waals surface area (Å²) in [5.41, 5.74) is 5.45. The van der Waals surface area contributed by atoms with Crippen LogP contribution in [0.25, 0.3) is 0 Å². The number of nitrogens with two attached hydrogens (primary N) is 1. The van der Waals surface area contributed by atoms with E-state index in [2.05, 4.69) is 13.8 Å². The Labute approximate surface area is 128 Å². The predicted octanol–water partition coefficient (Wildman–Crippen LogP) is 2.34. The predicted molar refractivity (Wildman–Crippen MR) is 83.0 cm³/mol. The first-order valence-electron chi connectivity index (χ1n) is 7.63. The highest BCUT2D eigenvalue weighted by Gasteiger charge is 2.63. The minimum absolute atomic E-state index is 0. The van der Waals surface area contributed by atoms with E-state index in [1.807, 2.05) is 11.8 Å². The highest BCUT2D eigenvalue weighted by Crippen LogP contribution is 2.50. The van der Waals surface area contributed by atoms with Crippen LogP contribution < -0.4 is 5.73 Å². The van der Waals surface area contributed by atoms with Crippen molar-refractivity contribution in [2.45, 2.75) is 64.5 Å². The summed E-state index contributed by atoms with van der Waals surface area (Å²) in [6.07, 6.45) is 5.44. The van der Waals surface area contributed by atoms with Crippen LogP contribution in [0.5, 0.6) is 0 Å². The van der Waals surface area contributed by atoms with Gasteiger partial charge in [-0.1, -0.05) is 26.7 Å². The molecule has 4 nitrogen and oxygen atoms in total. The van der Waals surface area contributed by atoms with E-state index in [-0.39, 0.29) is 29.8 Å². The summed E-state index contributed by atoms with van der Waals surface area (Å²) >= 11 is 0. The van der Waals surface area contributed by atoms with Crippen LogP contribution >= 0.6 is 12.4 Å².